The zero-order chi connectivity index (χ0) is 17.8. The Labute approximate surface area is 147 Å². The van der Waals surface area contributed by atoms with Crippen LogP contribution >= 0.6 is 0 Å². The van der Waals surface area contributed by atoms with E-state index in [1.54, 1.807) is 12.3 Å². The van der Waals surface area contributed by atoms with Crippen LogP contribution in [0.5, 0.6) is 0 Å². The monoisotopic (exact) mass is 338 g/mol. The van der Waals surface area contributed by atoms with Crippen molar-refractivity contribution in [2.75, 3.05) is 11.9 Å². The summed E-state index contributed by atoms with van der Waals surface area (Å²) < 4.78 is 0. The van der Waals surface area contributed by atoms with Gasteiger partial charge in [-0.25, -0.2) is 0 Å². The Bertz CT molecular complexity index is 773. The number of hydrogen-bond donors (Lipinski definition) is 2. The van der Waals surface area contributed by atoms with Gasteiger partial charge in [-0.1, -0.05) is 12.1 Å². The number of primary amides is 1. The first kappa shape index (κ1) is 17.1. The second kappa shape index (κ2) is 7.44. The van der Waals surface area contributed by atoms with Gasteiger partial charge in [-0.05, 0) is 56.1 Å². The number of carbonyl (C=O) groups excluding carboxylic acids is 2. The highest BCUT2D eigenvalue weighted by molar-refractivity contribution is 6.04. The summed E-state index contributed by atoms with van der Waals surface area (Å²) in [5, 5.41) is 2.89. The van der Waals surface area contributed by atoms with Gasteiger partial charge < -0.3 is 11.1 Å². The van der Waals surface area contributed by atoms with Crippen LogP contribution in [0.4, 0.5) is 5.69 Å². The Morgan fingerprint density at radius 1 is 1.32 bits per heavy atom. The van der Waals surface area contributed by atoms with Gasteiger partial charge in [-0.3, -0.25) is 19.5 Å². The molecule has 130 valence electrons. The van der Waals surface area contributed by atoms with Gasteiger partial charge in [0.05, 0.1) is 11.6 Å². The predicted molar refractivity (Wildman–Crippen MR) is 96.0 cm³/mol. The number of likely N-dealkylation sites (tertiary alicyclic amines) is 1. The third-order valence-corrected chi connectivity index (χ3v) is 4.44. The van der Waals surface area contributed by atoms with Crippen molar-refractivity contribution in [2.45, 2.75) is 32.4 Å². The summed E-state index contributed by atoms with van der Waals surface area (Å²) in [5.41, 5.74) is 8.61. The molecule has 1 atom stereocenters. The van der Waals surface area contributed by atoms with E-state index in [-0.39, 0.29) is 17.9 Å². The topological polar surface area (TPSA) is 88.3 Å². The maximum atomic E-state index is 12.3. The zero-order valence-corrected chi connectivity index (χ0v) is 14.2. The van der Waals surface area contributed by atoms with Gasteiger partial charge in [0.15, 0.2) is 0 Å². The van der Waals surface area contributed by atoms with Crippen molar-refractivity contribution in [3.63, 3.8) is 0 Å². The largest absolute Gasteiger partial charge is 0.368 e. The molecule has 1 fully saturated rings. The highest BCUT2D eigenvalue weighted by atomic mass is 16.2. The van der Waals surface area contributed by atoms with Gasteiger partial charge in [0, 0.05) is 24.1 Å². The average Bonchev–Trinajstić information content (AvgIpc) is 3.04. The number of aryl methyl sites for hydroxylation is 1. The molecule has 25 heavy (non-hydrogen) atoms. The molecule has 0 bridgehead atoms. The van der Waals surface area contributed by atoms with Crippen LogP contribution in [-0.2, 0) is 11.3 Å². The minimum atomic E-state index is -0.270. The molecule has 0 spiro atoms. The molecular formula is C19H22N4O2. The number of rotatable bonds is 5. The lowest BCUT2D eigenvalue weighted by atomic mass is 10.1. The standard InChI is InChI=1S/C19H22N4O2/c1-13-7-8-15(11-21-13)19(25)22-16-5-2-4-14(10-16)12-23-9-3-6-17(23)18(20)24/h2,4-5,7-8,10-11,17H,3,6,9,12H2,1H3,(H2,20,24)(H,22,25)/t17-/m1/s1. The van der Waals surface area contributed by atoms with E-state index in [0.29, 0.717) is 12.1 Å². The van der Waals surface area contributed by atoms with Crippen LogP contribution < -0.4 is 11.1 Å². The molecule has 0 saturated carbocycles. The molecule has 1 aliphatic rings. The summed E-state index contributed by atoms with van der Waals surface area (Å²) in [5.74, 6) is -0.463. The van der Waals surface area contributed by atoms with Crippen molar-refractivity contribution in [3.05, 3.63) is 59.4 Å². The summed E-state index contributed by atoms with van der Waals surface area (Å²) >= 11 is 0. The zero-order valence-electron chi connectivity index (χ0n) is 14.2. The van der Waals surface area contributed by atoms with Crippen molar-refractivity contribution in [1.82, 2.24) is 9.88 Å². The molecule has 1 aromatic heterocycles. The second-order valence-electron chi connectivity index (χ2n) is 6.37. The molecule has 0 aliphatic carbocycles. The maximum Gasteiger partial charge on any atom is 0.257 e. The molecule has 0 radical (unpaired) electrons. The Morgan fingerprint density at radius 2 is 2.16 bits per heavy atom. The first-order valence-corrected chi connectivity index (χ1v) is 8.39. The first-order chi connectivity index (χ1) is 12.0. The minimum Gasteiger partial charge on any atom is -0.368 e. The van der Waals surface area contributed by atoms with Gasteiger partial charge in [-0.15, -0.1) is 0 Å². The maximum absolute atomic E-state index is 12.3. The molecule has 1 aliphatic heterocycles. The van der Waals surface area contributed by atoms with Crippen molar-refractivity contribution >= 4 is 17.5 Å². The Kier molecular flexibility index (Phi) is 5.09. The molecule has 2 amide bonds. The van der Waals surface area contributed by atoms with Gasteiger partial charge in [0.1, 0.15) is 0 Å². The van der Waals surface area contributed by atoms with E-state index in [1.807, 2.05) is 37.3 Å². The number of amides is 2. The fraction of sp³-hybridized carbons (Fsp3) is 0.316. The highest BCUT2D eigenvalue weighted by Gasteiger charge is 2.28. The highest BCUT2D eigenvalue weighted by Crippen LogP contribution is 2.21. The van der Waals surface area contributed by atoms with Crippen molar-refractivity contribution < 1.29 is 9.59 Å². The number of pyridine rings is 1. The molecule has 1 aromatic carbocycles. The number of aromatic nitrogens is 1. The van der Waals surface area contributed by atoms with E-state index in [4.69, 9.17) is 5.73 Å². The van der Waals surface area contributed by atoms with Crippen molar-refractivity contribution in [1.29, 1.82) is 0 Å². The van der Waals surface area contributed by atoms with Gasteiger partial charge in [0.25, 0.3) is 5.91 Å². The van der Waals surface area contributed by atoms with E-state index in [1.165, 1.54) is 0 Å². The average molecular weight is 338 g/mol. The quantitative estimate of drug-likeness (QED) is 0.874. The summed E-state index contributed by atoms with van der Waals surface area (Å²) in [6.45, 7) is 3.38. The van der Waals surface area contributed by atoms with E-state index in [9.17, 15) is 9.59 Å². The number of hydrogen-bond acceptors (Lipinski definition) is 4. The summed E-state index contributed by atoms with van der Waals surface area (Å²) in [6, 6.07) is 11.0. The Balaban J connectivity index is 1.68. The second-order valence-corrected chi connectivity index (χ2v) is 6.37. The van der Waals surface area contributed by atoms with Crippen LogP contribution in [0.2, 0.25) is 0 Å². The van der Waals surface area contributed by atoms with E-state index < -0.39 is 0 Å². The molecule has 3 N–H and O–H groups in total. The fourth-order valence-electron chi connectivity index (χ4n) is 3.12. The Morgan fingerprint density at radius 3 is 2.88 bits per heavy atom. The number of carbonyl (C=O) groups is 2. The number of nitrogens with two attached hydrogens (primary N) is 1. The number of nitrogens with one attached hydrogen (secondary N) is 1. The molecule has 3 rings (SSSR count). The number of nitrogens with zero attached hydrogens (tertiary/aromatic N) is 2. The Hall–Kier alpha value is -2.73. The minimum absolute atomic E-state index is 0.194. The fourth-order valence-corrected chi connectivity index (χ4v) is 3.12. The van der Waals surface area contributed by atoms with Crippen LogP contribution in [-0.4, -0.2) is 34.3 Å². The first-order valence-electron chi connectivity index (χ1n) is 8.39. The van der Waals surface area contributed by atoms with Crippen LogP contribution in [0, 0.1) is 6.92 Å². The number of benzene rings is 1. The molecular weight excluding hydrogens is 316 g/mol. The lowest BCUT2D eigenvalue weighted by Crippen LogP contribution is -2.39. The molecule has 6 heteroatoms. The van der Waals surface area contributed by atoms with E-state index >= 15 is 0 Å². The summed E-state index contributed by atoms with van der Waals surface area (Å²) in [7, 11) is 0. The molecule has 6 nitrogen and oxygen atoms in total. The SMILES string of the molecule is Cc1ccc(C(=O)Nc2cccc(CN3CCC[C@@H]3C(N)=O)c2)cn1. The molecule has 1 saturated heterocycles. The normalized spacial score (nSPS) is 17.4. The van der Waals surface area contributed by atoms with E-state index in [2.05, 4.69) is 15.2 Å². The lowest BCUT2D eigenvalue weighted by Gasteiger charge is -2.22. The summed E-state index contributed by atoms with van der Waals surface area (Å²) in [4.78, 5) is 30.0. The van der Waals surface area contributed by atoms with Gasteiger partial charge in [0.2, 0.25) is 5.91 Å². The molecule has 2 aromatic rings. The molecule has 0 unspecified atom stereocenters. The van der Waals surface area contributed by atoms with Crippen LogP contribution in [0.25, 0.3) is 0 Å². The summed E-state index contributed by atoms with van der Waals surface area (Å²) in [6.07, 6.45) is 3.35. The number of anilines is 1. The third-order valence-electron chi connectivity index (χ3n) is 4.44. The van der Waals surface area contributed by atoms with Crippen molar-refractivity contribution in [2.24, 2.45) is 5.73 Å². The van der Waals surface area contributed by atoms with Crippen LogP contribution in [0.3, 0.4) is 0 Å². The lowest BCUT2D eigenvalue weighted by molar-refractivity contribution is -0.122. The third kappa shape index (κ3) is 4.22. The van der Waals surface area contributed by atoms with E-state index in [0.717, 1.165) is 36.3 Å². The smallest absolute Gasteiger partial charge is 0.257 e. The van der Waals surface area contributed by atoms with Crippen LogP contribution in [0.1, 0.15) is 34.5 Å². The predicted octanol–water partition coefficient (Wildman–Crippen LogP) is 2.09. The van der Waals surface area contributed by atoms with Gasteiger partial charge >= 0.3 is 0 Å². The van der Waals surface area contributed by atoms with Crippen molar-refractivity contribution in [3.8, 4) is 0 Å². The molecule has 2 heterocycles. The van der Waals surface area contributed by atoms with Crippen LogP contribution in [0.15, 0.2) is 42.6 Å². The van der Waals surface area contributed by atoms with Gasteiger partial charge in [-0.2, -0.15) is 0 Å².